The smallest absolute Gasteiger partial charge is 0.344 e. The summed E-state index contributed by atoms with van der Waals surface area (Å²) in [6.45, 7) is 2.67. The summed E-state index contributed by atoms with van der Waals surface area (Å²) in [5.74, 6) is -0.867. The quantitative estimate of drug-likeness (QED) is 0.766. The molecule has 29 heavy (non-hydrogen) atoms. The Labute approximate surface area is 169 Å². The third-order valence-electron chi connectivity index (χ3n) is 5.67. The van der Waals surface area contributed by atoms with Gasteiger partial charge in [-0.25, -0.2) is 4.79 Å². The maximum absolute atomic E-state index is 13.1. The lowest BCUT2D eigenvalue weighted by atomic mass is 9.87. The summed E-state index contributed by atoms with van der Waals surface area (Å²) in [5.41, 5.74) is 4.27. The van der Waals surface area contributed by atoms with Crippen LogP contribution in [0.3, 0.4) is 0 Å². The molecule has 7 nitrogen and oxygen atoms in total. The number of hydrazine groups is 1. The van der Waals surface area contributed by atoms with Crippen LogP contribution in [0.5, 0.6) is 0 Å². The van der Waals surface area contributed by atoms with Crippen LogP contribution in [0.4, 0.5) is 10.5 Å². The Morgan fingerprint density at radius 3 is 2.59 bits per heavy atom. The lowest BCUT2D eigenvalue weighted by molar-refractivity contribution is -0.139. The number of hydrogen-bond acceptors (Lipinski definition) is 4. The number of carbonyl (C=O) groups is 3. The van der Waals surface area contributed by atoms with Crippen LogP contribution < -0.4 is 15.6 Å². The van der Waals surface area contributed by atoms with Crippen LogP contribution in [0.25, 0.3) is 0 Å². The van der Waals surface area contributed by atoms with Gasteiger partial charge in [0.2, 0.25) is 0 Å². The number of para-hydroxylation sites is 1. The second-order valence-corrected chi connectivity index (χ2v) is 7.38. The molecule has 0 bridgehead atoms. The summed E-state index contributed by atoms with van der Waals surface area (Å²) in [6.07, 6.45) is 2.32. The summed E-state index contributed by atoms with van der Waals surface area (Å²) >= 11 is 0. The van der Waals surface area contributed by atoms with E-state index in [9.17, 15) is 14.4 Å². The van der Waals surface area contributed by atoms with E-state index in [0.29, 0.717) is 12.0 Å². The number of anilines is 1. The highest BCUT2D eigenvalue weighted by molar-refractivity contribution is 6.08. The van der Waals surface area contributed by atoms with Crippen LogP contribution in [0, 0.1) is 0 Å². The Balaban J connectivity index is 1.49. The fourth-order valence-electron chi connectivity index (χ4n) is 4.15. The number of benzene rings is 2. The van der Waals surface area contributed by atoms with Crippen molar-refractivity contribution in [1.82, 2.24) is 15.8 Å². The first-order chi connectivity index (χ1) is 14.0. The molecule has 2 aromatic rings. The number of nitrogens with one attached hydrogen (secondary N) is 2. The van der Waals surface area contributed by atoms with E-state index in [0.717, 1.165) is 30.1 Å². The van der Waals surface area contributed by atoms with Gasteiger partial charge in [0, 0.05) is 12.2 Å². The molecule has 4 rings (SSSR count). The average molecular weight is 392 g/mol. The van der Waals surface area contributed by atoms with E-state index in [-0.39, 0.29) is 6.54 Å². The van der Waals surface area contributed by atoms with Crippen molar-refractivity contribution in [2.24, 2.45) is 0 Å². The molecule has 0 saturated carbocycles. The third kappa shape index (κ3) is 3.33. The summed E-state index contributed by atoms with van der Waals surface area (Å²) in [6, 6.07) is 16.5. The first-order valence-corrected chi connectivity index (χ1v) is 9.90. The molecule has 0 spiro atoms. The van der Waals surface area contributed by atoms with E-state index in [2.05, 4.69) is 16.8 Å². The number of rotatable bonds is 5. The van der Waals surface area contributed by atoms with Crippen molar-refractivity contribution >= 4 is 23.5 Å². The second kappa shape index (κ2) is 7.58. The zero-order valence-corrected chi connectivity index (χ0v) is 16.4. The predicted molar refractivity (Wildman–Crippen MR) is 109 cm³/mol. The zero-order valence-electron chi connectivity index (χ0n) is 16.4. The predicted octanol–water partition coefficient (Wildman–Crippen LogP) is 2.33. The Hall–Kier alpha value is -3.35. The van der Waals surface area contributed by atoms with E-state index in [4.69, 9.17) is 0 Å². The minimum Gasteiger partial charge on any atom is -0.362 e. The molecule has 1 fully saturated rings. The molecule has 1 saturated heterocycles. The van der Waals surface area contributed by atoms with Crippen molar-refractivity contribution < 1.29 is 14.4 Å². The second-order valence-electron chi connectivity index (χ2n) is 7.38. The summed E-state index contributed by atoms with van der Waals surface area (Å²) < 4.78 is 0. The molecule has 0 unspecified atom stereocenters. The number of amides is 4. The number of urea groups is 1. The largest absolute Gasteiger partial charge is 0.362 e. The van der Waals surface area contributed by atoms with E-state index in [1.807, 2.05) is 48.2 Å². The maximum Gasteiger partial charge on any atom is 0.344 e. The van der Waals surface area contributed by atoms with Crippen molar-refractivity contribution in [2.45, 2.75) is 31.7 Å². The number of hydrogen-bond donors (Lipinski definition) is 2. The Morgan fingerprint density at radius 2 is 1.83 bits per heavy atom. The number of fused-ring (bicyclic) bond motifs is 1. The number of aryl methyl sites for hydroxylation is 1. The van der Waals surface area contributed by atoms with Crippen molar-refractivity contribution in [3.63, 3.8) is 0 Å². The Morgan fingerprint density at radius 1 is 1.10 bits per heavy atom. The number of carbonyl (C=O) groups excluding carboxylic acids is 3. The van der Waals surface area contributed by atoms with Crippen molar-refractivity contribution in [1.29, 1.82) is 0 Å². The van der Waals surface area contributed by atoms with Gasteiger partial charge in [0.15, 0.2) is 0 Å². The molecule has 0 aromatic heterocycles. The lowest BCUT2D eigenvalue weighted by Crippen LogP contribution is -2.51. The minimum absolute atomic E-state index is 0.0819. The molecule has 2 N–H and O–H groups in total. The highest BCUT2D eigenvalue weighted by Gasteiger charge is 2.52. The number of nitrogens with zero attached hydrogens (tertiary/aromatic N) is 2. The SMILES string of the molecule is CC[C@@]1(c2ccccc2)NC(=O)N(NC(=O)CN2CCCc3ccccc32)C1=O. The van der Waals surface area contributed by atoms with Gasteiger partial charge in [-0.3, -0.25) is 15.0 Å². The molecule has 2 aliphatic heterocycles. The fraction of sp³-hybridized carbons (Fsp3) is 0.318. The highest BCUT2D eigenvalue weighted by Crippen LogP contribution is 2.31. The van der Waals surface area contributed by atoms with Crippen LogP contribution in [0.2, 0.25) is 0 Å². The van der Waals surface area contributed by atoms with Gasteiger partial charge in [0.05, 0.1) is 6.54 Å². The molecule has 7 heteroatoms. The molecule has 0 aliphatic carbocycles. The minimum atomic E-state index is -1.16. The fourth-order valence-corrected chi connectivity index (χ4v) is 4.15. The number of imide groups is 1. The molecular formula is C22H24N4O3. The van der Waals surface area contributed by atoms with Crippen molar-refractivity contribution in [3.8, 4) is 0 Å². The van der Waals surface area contributed by atoms with Gasteiger partial charge >= 0.3 is 6.03 Å². The monoisotopic (exact) mass is 392 g/mol. The molecular weight excluding hydrogens is 368 g/mol. The highest BCUT2D eigenvalue weighted by atomic mass is 16.2. The van der Waals surface area contributed by atoms with E-state index in [1.54, 1.807) is 12.1 Å². The first-order valence-electron chi connectivity index (χ1n) is 9.90. The summed E-state index contributed by atoms with van der Waals surface area (Å²) in [7, 11) is 0. The van der Waals surface area contributed by atoms with Gasteiger partial charge in [-0.15, -0.1) is 0 Å². The molecule has 4 amide bonds. The molecule has 1 atom stereocenters. The molecule has 2 aromatic carbocycles. The van der Waals surface area contributed by atoms with Gasteiger partial charge in [-0.1, -0.05) is 55.5 Å². The standard InChI is InChI=1S/C22H24N4O3/c1-2-22(17-11-4-3-5-12-17)20(28)26(21(29)23-22)24-19(27)15-25-14-8-10-16-9-6-7-13-18(16)25/h3-7,9,11-13H,2,8,10,14-15H2,1H3,(H,23,29)(H,24,27)/t22-/m0/s1. The molecule has 150 valence electrons. The Kier molecular flexibility index (Phi) is 4.96. The zero-order chi connectivity index (χ0) is 20.4. The van der Waals surface area contributed by atoms with Crippen LogP contribution in [-0.2, 0) is 21.5 Å². The van der Waals surface area contributed by atoms with Crippen molar-refractivity contribution in [2.75, 3.05) is 18.0 Å². The van der Waals surface area contributed by atoms with Gasteiger partial charge in [-0.05, 0) is 36.5 Å². The van der Waals surface area contributed by atoms with Gasteiger partial charge in [-0.2, -0.15) is 5.01 Å². The van der Waals surface area contributed by atoms with E-state index < -0.39 is 23.4 Å². The van der Waals surface area contributed by atoms with Crippen molar-refractivity contribution in [3.05, 3.63) is 65.7 Å². The van der Waals surface area contributed by atoms with Crippen LogP contribution >= 0.6 is 0 Å². The summed E-state index contributed by atoms with van der Waals surface area (Å²) in [5, 5.41) is 3.58. The molecule has 0 radical (unpaired) electrons. The van der Waals surface area contributed by atoms with E-state index in [1.165, 1.54) is 5.56 Å². The molecule has 2 aliphatic rings. The third-order valence-corrected chi connectivity index (χ3v) is 5.67. The van der Waals surface area contributed by atoms with Gasteiger partial charge < -0.3 is 10.2 Å². The normalized spacial score (nSPS) is 21.0. The lowest BCUT2D eigenvalue weighted by Gasteiger charge is -2.31. The topological polar surface area (TPSA) is 81.8 Å². The average Bonchev–Trinajstić information content (AvgIpc) is 3.00. The van der Waals surface area contributed by atoms with Crippen LogP contribution in [-0.4, -0.2) is 35.9 Å². The van der Waals surface area contributed by atoms with Gasteiger partial charge in [0.25, 0.3) is 11.8 Å². The van der Waals surface area contributed by atoms with E-state index >= 15 is 0 Å². The molecule has 2 heterocycles. The summed E-state index contributed by atoms with van der Waals surface area (Å²) in [4.78, 5) is 40.3. The van der Waals surface area contributed by atoms with Crippen LogP contribution in [0.1, 0.15) is 30.9 Å². The van der Waals surface area contributed by atoms with Crippen LogP contribution in [0.15, 0.2) is 54.6 Å². The maximum atomic E-state index is 13.1. The Bertz CT molecular complexity index is 946. The first kappa shape index (κ1) is 19.0. The van der Waals surface area contributed by atoms with Gasteiger partial charge in [0.1, 0.15) is 5.54 Å².